The Bertz CT molecular complexity index is 340. The summed E-state index contributed by atoms with van der Waals surface area (Å²) in [6.07, 6.45) is -3.17. The molecule has 0 bridgehead atoms. The maximum atomic E-state index is 13.2. The second-order valence-electron chi connectivity index (χ2n) is 5.48. The molecule has 0 aliphatic carbocycles. The Morgan fingerprint density at radius 3 is 2.48 bits per heavy atom. The van der Waals surface area contributed by atoms with Gasteiger partial charge in [-0.1, -0.05) is 0 Å². The van der Waals surface area contributed by atoms with Crippen LogP contribution in [0.3, 0.4) is 0 Å². The number of piperazine rings is 1. The van der Waals surface area contributed by atoms with E-state index >= 15 is 0 Å². The summed E-state index contributed by atoms with van der Waals surface area (Å²) in [5.74, 6) is -0.515. The zero-order chi connectivity index (χ0) is 15.3. The summed E-state index contributed by atoms with van der Waals surface area (Å²) in [5, 5.41) is 5.51. The normalized spacial score (nSPS) is 23.8. The molecule has 2 N–H and O–H groups in total. The van der Waals surface area contributed by atoms with Crippen LogP contribution >= 0.6 is 0 Å². The van der Waals surface area contributed by atoms with Crippen LogP contribution in [0.4, 0.5) is 13.2 Å². The molecule has 122 valence electrons. The zero-order valence-corrected chi connectivity index (χ0v) is 11.9. The van der Waals surface area contributed by atoms with Gasteiger partial charge in [0.15, 0.2) is 0 Å². The van der Waals surface area contributed by atoms with Crippen LogP contribution < -0.4 is 10.6 Å². The number of ether oxygens (including phenoxy) is 1. The maximum Gasteiger partial charge on any atom is 0.405 e. The molecular weight excluding hydrogens is 287 g/mol. The first kappa shape index (κ1) is 16.5. The van der Waals surface area contributed by atoms with Crippen molar-refractivity contribution < 1.29 is 22.7 Å². The Balaban J connectivity index is 1.87. The summed E-state index contributed by atoms with van der Waals surface area (Å²) in [6.45, 7) is 2.40. The largest absolute Gasteiger partial charge is 0.405 e. The second-order valence-corrected chi connectivity index (χ2v) is 5.48. The fraction of sp³-hybridized carbons (Fsp3) is 0.923. The molecular formula is C13H22F3N3O2. The van der Waals surface area contributed by atoms with Crippen LogP contribution in [-0.2, 0) is 9.53 Å². The number of hydrogen-bond donors (Lipinski definition) is 2. The number of carbonyl (C=O) groups is 1. The number of rotatable bonds is 4. The minimum atomic E-state index is -4.33. The first-order valence-electron chi connectivity index (χ1n) is 7.35. The molecule has 0 aromatic heterocycles. The van der Waals surface area contributed by atoms with E-state index in [9.17, 15) is 18.0 Å². The number of hydrogen-bond acceptors (Lipinski definition) is 4. The molecule has 21 heavy (non-hydrogen) atoms. The topological polar surface area (TPSA) is 53.6 Å². The fourth-order valence-electron chi connectivity index (χ4n) is 2.75. The predicted molar refractivity (Wildman–Crippen MR) is 70.8 cm³/mol. The number of alkyl halides is 3. The van der Waals surface area contributed by atoms with Crippen LogP contribution in [0, 0.1) is 5.92 Å². The third-order valence-corrected chi connectivity index (χ3v) is 4.03. The van der Waals surface area contributed by atoms with Crippen molar-refractivity contribution in [3.8, 4) is 0 Å². The molecule has 2 saturated heterocycles. The SMILES string of the molecule is O=C(NCC(N1CCNCC1)C(F)(F)F)C1CCOCC1. The van der Waals surface area contributed by atoms with Gasteiger partial charge >= 0.3 is 6.18 Å². The highest BCUT2D eigenvalue weighted by molar-refractivity contribution is 5.78. The van der Waals surface area contributed by atoms with Gasteiger partial charge < -0.3 is 15.4 Å². The van der Waals surface area contributed by atoms with E-state index in [2.05, 4.69) is 10.6 Å². The van der Waals surface area contributed by atoms with E-state index in [1.807, 2.05) is 0 Å². The van der Waals surface area contributed by atoms with Crippen molar-refractivity contribution in [2.24, 2.45) is 5.92 Å². The Labute approximate surface area is 122 Å². The molecule has 2 rings (SSSR count). The van der Waals surface area contributed by atoms with E-state index in [4.69, 9.17) is 4.74 Å². The third kappa shape index (κ3) is 4.82. The van der Waals surface area contributed by atoms with Crippen LogP contribution in [0.2, 0.25) is 0 Å². The van der Waals surface area contributed by atoms with Gasteiger partial charge in [-0.15, -0.1) is 0 Å². The van der Waals surface area contributed by atoms with E-state index in [0.717, 1.165) is 0 Å². The van der Waals surface area contributed by atoms with Gasteiger partial charge in [-0.25, -0.2) is 0 Å². The number of carbonyl (C=O) groups excluding carboxylic acids is 1. The molecule has 2 fully saturated rings. The highest BCUT2D eigenvalue weighted by Crippen LogP contribution is 2.25. The summed E-state index contributed by atoms with van der Waals surface area (Å²) in [6, 6.07) is -1.61. The molecule has 1 unspecified atom stereocenters. The summed E-state index contributed by atoms with van der Waals surface area (Å²) in [7, 11) is 0. The van der Waals surface area contributed by atoms with Gasteiger partial charge in [0.25, 0.3) is 0 Å². The average Bonchev–Trinajstić information content (AvgIpc) is 2.48. The van der Waals surface area contributed by atoms with Gasteiger partial charge in [0.05, 0.1) is 0 Å². The Kier molecular flexibility index (Phi) is 5.83. The zero-order valence-electron chi connectivity index (χ0n) is 11.9. The molecule has 2 heterocycles. The molecule has 8 heteroatoms. The van der Waals surface area contributed by atoms with Gasteiger partial charge in [-0.05, 0) is 12.8 Å². The number of amides is 1. The average molecular weight is 309 g/mol. The first-order chi connectivity index (χ1) is 9.98. The lowest BCUT2D eigenvalue weighted by Gasteiger charge is -2.36. The number of nitrogens with one attached hydrogen (secondary N) is 2. The lowest BCUT2D eigenvalue weighted by atomic mass is 9.99. The summed E-state index contributed by atoms with van der Waals surface area (Å²) < 4.78 is 44.6. The molecule has 2 aliphatic rings. The van der Waals surface area contributed by atoms with E-state index in [1.165, 1.54) is 4.90 Å². The Morgan fingerprint density at radius 1 is 1.29 bits per heavy atom. The van der Waals surface area contributed by atoms with E-state index < -0.39 is 12.2 Å². The molecule has 1 amide bonds. The molecule has 0 spiro atoms. The van der Waals surface area contributed by atoms with Crippen molar-refractivity contribution in [3.05, 3.63) is 0 Å². The molecule has 0 saturated carbocycles. The fourth-order valence-corrected chi connectivity index (χ4v) is 2.75. The monoisotopic (exact) mass is 309 g/mol. The van der Waals surface area contributed by atoms with Gasteiger partial charge in [-0.3, -0.25) is 9.69 Å². The maximum absolute atomic E-state index is 13.2. The smallest absolute Gasteiger partial charge is 0.381 e. The van der Waals surface area contributed by atoms with E-state index in [0.29, 0.717) is 52.2 Å². The molecule has 1 atom stereocenters. The van der Waals surface area contributed by atoms with Crippen LogP contribution in [0.5, 0.6) is 0 Å². The molecule has 0 aromatic carbocycles. The summed E-state index contributed by atoms with van der Waals surface area (Å²) in [4.78, 5) is 13.3. The van der Waals surface area contributed by atoms with Crippen molar-refractivity contribution in [2.45, 2.75) is 25.1 Å². The third-order valence-electron chi connectivity index (χ3n) is 4.03. The van der Waals surface area contributed by atoms with Crippen molar-refractivity contribution in [2.75, 3.05) is 45.9 Å². The van der Waals surface area contributed by atoms with Crippen molar-refractivity contribution in [1.29, 1.82) is 0 Å². The quantitative estimate of drug-likeness (QED) is 0.788. The highest BCUT2D eigenvalue weighted by atomic mass is 19.4. The van der Waals surface area contributed by atoms with Crippen molar-refractivity contribution >= 4 is 5.91 Å². The van der Waals surface area contributed by atoms with E-state index in [-0.39, 0.29) is 18.4 Å². The number of nitrogens with zero attached hydrogens (tertiary/aromatic N) is 1. The standard InChI is InChI=1S/C13H22F3N3O2/c14-13(15,16)11(19-5-3-17-4-6-19)9-18-12(20)10-1-7-21-8-2-10/h10-11,17H,1-9H2,(H,18,20). The predicted octanol–water partition coefficient (Wildman–Crippen LogP) is 0.365. The van der Waals surface area contributed by atoms with Crippen LogP contribution in [0.1, 0.15) is 12.8 Å². The van der Waals surface area contributed by atoms with Crippen LogP contribution in [0.25, 0.3) is 0 Å². The summed E-state index contributed by atoms with van der Waals surface area (Å²) >= 11 is 0. The van der Waals surface area contributed by atoms with E-state index in [1.54, 1.807) is 0 Å². The van der Waals surface area contributed by atoms with Crippen LogP contribution in [0.15, 0.2) is 0 Å². The lowest BCUT2D eigenvalue weighted by molar-refractivity contribution is -0.184. The van der Waals surface area contributed by atoms with Gasteiger partial charge in [0, 0.05) is 51.9 Å². The first-order valence-corrected chi connectivity index (χ1v) is 7.35. The van der Waals surface area contributed by atoms with Crippen molar-refractivity contribution in [1.82, 2.24) is 15.5 Å². The minimum absolute atomic E-state index is 0.226. The molecule has 5 nitrogen and oxygen atoms in total. The minimum Gasteiger partial charge on any atom is -0.381 e. The second kappa shape index (κ2) is 7.42. The van der Waals surface area contributed by atoms with Crippen LogP contribution in [-0.4, -0.2) is 69.0 Å². The highest BCUT2D eigenvalue weighted by Gasteiger charge is 2.44. The van der Waals surface area contributed by atoms with Gasteiger partial charge in [0.1, 0.15) is 6.04 Å². The van der Waals surface area contributed by atoms with Crippen molar-refractivity contribution in [3.63, 3.8) is 0 Å². The summed E-state index contributed by atoms with van der Waals surface area (Å²) in [5.41, 5.74) is 0. The number of halogens is 3. The molecule has 2 aliphatic heterocycles. The Morgan fingerprint density at radius 2 is 1.90 bits per heavy atom. The Hall–Kier alpha value is -0.860. The molecule has 0 aromatic rings. The van der Waals surface area contributed by atoms with Gasteiger partial charge in [-0.2, -0.15) is 13.2 Å². The molecule has 0 radical (unpaired) electrons. The lowest BCUT2D eigenvalue weighted by Crippen LogP contribution is -2.58. The van der Waals surface area contributed by atoms with Gasteiger partial charge in [0.2, 0.25) is 5.91 Å².